The Morgan fingerprint density at radius 1 is 1.03 bits per heavy atom. The maximum Gasteiger partial charge on any atom is 0.271 e. The molecule has 1 aromatic carbocycles. The Hall–Kier alpha value is -3.00. The van der Waals surface area contributed by atoms with Gasteiger partial charge in [-0.1, -0.05) is 19.1 Å². The van der Waals surface area contributed by atoms with Crippen molar-refractivity contribution in [2.24, 2.45) is 0 Å². The van der Waals surface area contributed by atoms with Crippen molar-refractivity contribution < 1.29 is 9.53 Å². The van der Waals surface area contributed by atoms with Gasteiger partial charge in [0.2, 0.25) is 0 Å². The highest BCUT2D eigenvalue weighted by Gasteiger charge is 2.27. The van der Waals surface area contributed by atoms with E-state index in [9.17, 15) is 4.79 Å². The molecule has 2 saturated heterocycles. The second-order valence-corrected chi connectivity index (χ2v) is 8.26. The van der Waals surface area contributed by atoms with E-state index in [2.05, 4.69) is 38.5 Å². The maximum atomic E-state index is 13.3. The second-order valence-electron chi connectivity index (χ2n) is 8.26. The molecule has 8 nitrogen and oxygen atoms in total. The number of hydrazine groups is 1. The van der Waals surface area contributed by atoms with E-state index in [1.807, 2.05) is 29.3 Å². The molecule has 3 heterocycles. The van der Waals surface area contributed by atoms with E-state index < -0.39 is 0 Å². The van der Waals surface area contributed by atoms with Crippen molar-refractivity contribution in [1.82, 2.24) is 15.4 Å². The Bertz CT molecular complexity index is 907. The first-order valence-corrected chi connectivity index (χ1v) is 11.6. The molecule has 0 atom stereocenters. The van der Waals surface area contributed by atoms with Gasteiger partial charge in [-0.3, -0.25) is 10.2 Å². The number of amides is 1. The van der Waals surface area contributed by atoms with Crippen LogP contribution in [0.25, 0.3) is 0 Å². The topological polar surface area (TPSA) is 73.0 Å². The van der Waals surface area contributed by atoms with Gasteiger partial charge < -0.3 is 19.9 Å². The van der Waals surface area contributed by atoms with Crippen molar-refractivity contribution in [2.45, 2.75) is 26.2 Å². The number of ether oxygens (including phenoxy) is 1. The Kier molecular flexibility index (Phi) is 7.32. The van der Waals surface area contributed by atoms with Gasteiger partial charge in [-0.25, -0.2) is 9.99 Å². The van der Waals surface area contributed by atoms with Crippen molar-refractivity contribution in [1.29, 1.82) is 0 Å². The van der Waals surface area contributed by atoms with Crippen molar-refractivity contribution >= 4 is 23.1 Å². The summed E-state index contributed by atoms with van der Waals surface area (Å²) in [6.45, 7) is 7.97. The quantitative estimate of drug-likeness (QED) is 0.656. The lowest BCUT2D eigenvalue weighted by Crippen LogP contribution is -2.48. The number of anilines is 3. The van der Waals surface area contributed by atoms with Crippen LogP contribution in [0, 0.1) is 0 Å². The number of carbonyl (C=O) groups excluding carboxylic acids is 1. The highest BCUT2D eigenvalue weighted by atomic mass is 16.5. The number of rotatable bonds is 8. The van der Waals surface area contributed by atoms with Gasteiger partial charge in [-0.15, -0.1) is 0 Å². The molecule has 2 aliphatic rings. The lowest BCUT2D eigenvalue weighted by Gasteiger charge is -2.38. The van der Waals surface area contributed by atoms with Gasteiger partial charge in [0.1, 0.15) is 17.1 Å². The van der Waals surface area contributed by atoms with Gasteiger partial charge in [0.25, 0.3) is 5.91 Å². The molecule has 32 heavy (non-hydrogen) atoms. The first-order chi connectivity index (χ1) is 15.7. The van der Waals surface area contributed by atoms with Crippen LogP contribution in [0.3, 0.4) is 0 Å². The summed E-state index contributed by atoms with van der Waals surface area (Å²) in [4.78, 5) is 22.5. The van der Waals surface area contributed by atoms with Gasteiger partial charge in [0.05, 0.1) is 18.5 Å². The molecule has 2 aliphatic heterocycles. The van der Waals surface area contributed by atoms with Crippen LogP contribution in [0.5, 0.6) is 5.75 Å². The van der Waals surface area contributed by atoms with E-state index in [-0.39, 0.29) is 5.91 Å². The fraction of sp³-hybridized carbons (Fsp3) is 0.500. The smallest absolute Gasteiger partial charge is 0.271 e. The van der Waals surface area contributed by atoms with Gasteiger partial charge in [-0.2, -0.15) is 0 Å². The summed E-state index contributed by atoms with van der Waals surface area (Å²) in [6, 6.07) is 10.0. The van der Waals surface area contributed by atoms with Crippen molar-refractivity contribution in [3.05, 3.63) is 42.1 Å². The van der Waals surface area contributed by atoms with Crippen LogP contribution in [-0.2, 0) is 0 Å². The number of hydrogen-bond acceptors (Lipinski definition) is 7. The molecule has 2 fully saturated rings. The third-order valence-corrected chi connectivity index (χ3v) is 6.09. The van der Waals surface area contributed by atoms with Crippen LogP contribution in [0.4, 0.5) is 17.2 Å². The Morgan fingerprint density at radius 3 is 2.47 bits per heavy atom. The van der Waals surface area contributed by atoms with Gasteiger partial charge in [0.15, 0.2) is 0 Å². The molecule has 0 unspecified atom stereocenters. The molecule has 0 saturated carbocycles. The number of para-hydroxylation sites is 2. The van der Waals surface area contributed by atoms with Crippen molar-refractivity contribution in [2.75, 3.05) is 68.0 Å². The highest BCUT2D eigenvalue weighted by Crippen LogP contribution is 2.31. The average molecular weight is 439 g/mol. The lowest BCUT2D eigenvalue weighted by molar-refractivity contribution is 0.0827. The monoisotopic (exact) mass is 438 g/mol. The fourth-order valence-corrected chi connectivity index (χ4v) is 4.40. The van der Waals surface area contributed by atoms with E-state index in [1.54, 1.807) is 13.3 Å². The first-order valence-electron chi connectivity index (χ1n) is 11.6. The summed E-state index contributed by atoms with van der Waals surface area (Å²) >= 11 is 0. The number of hydrogen-bond donors (Lipinski definition) is 2. The van der Waals surface area contributed by atoms with E-state index in [4.69, 9.17) is 4.74 Å². The minimum absolute atomic E-state index is 0.0826. The molecule has 0 spiro atoms. The summed E-state index contributed by atoms with van der Waals surface area (Å²) in [6.07, 6.45) is 5.02. The molecule has 0 bridgehead atoms. The average Bonchev–Trinajstić information content (AvgIpc) is 3.35. The third-order valence-electron chi connectivity index (χ3n) is 6.09. The second kappa shape index (κ2) is 10.5. The number of methoxy groups -OCH3 is 1. The van der Waals surface area contributed by atoms with Crippen LogP contribution in [0.15, 0.2) is 36.5 Å². The normalized spacial score (nSPS) is 16.8. The molecule has 8 heteroatoms. The molecule has 0 aliphatic carbocycles. The SMILES string of the molecule is CCCNc1ccnc(N2CCN(c3ccccc3OC)CC2)c1C(=O)NN1CCCC1. The number of nitrogens with one attached hydrogen (secondary N) is 2. The van der Waals surface area contributed by atoms with Crippen LogP contribution in [-0.4, -0.2) is 68.8 Å². The lowest BCUT2D eigenvalue weighted by atomic mass is 10.1. The number of aromatic nitrogens is 1. The van der Waals surface area contributed by atoms with Crippen molar-refractivity contribution in [3.8, 4) is 5.75 Å². The van der Waals surface area contributed by atoms with Crippen LogP contribution < -0.4 is 25.3 Å². The highest BCUT2D eigenvalue weighted by molar-refractivity contribution is 6.04. The standard InChI is InChI=1S/C24H34N6O2/c1-3-11-25-19-10-12-26-23(22(19)24(31)27-30-13-6-7-14-30)29-17-15-28(16-18-29)20-8-4-5-9-21(20)32-2/h4-5,8-10,12H,3,6-7,11,13-18H2,1-2H3,(H,25,26)(H,27,31). The molecular formula is C24H34N6O2. The molecule has 1 aromatic heterocycles. The molecular weight excluding hydrogens is 404 g/mol. The van der Waals surface area contributed by atoms with Gasteiger partial charge >= 0.3 is 0 Å². The Labute approximate surface area is 190 Å². The predicted octanol–water partition coefficient (Wildman–Crippen LogP) is 2.98. The number of nitrogens with zero attached hydrogens (tertiary/aromatic N) is 4. The van der Waals surface area contributed by atoms with Crippen LogP contribution in [0.1, 0.15) is 36.5 Å². The van der Waals surface area contributed by atoms with Gasteiger partial charge in [0, 0.05) is 52.0 Å². The Balaban J connectivity index is 1.54. The van der Waals surface area contributed by atoms with Gasteiger partial charge in [-0.05, 0) is 37.5 Å². The largest absolute Gasteiger partial charge is 0.495 e. The van der Waals surface area contributed by atoms with Crippen LogP contribution in [0.2, 0.25) is 0 Å². The molecule has 0 radical (unpaired) electrons. The molecule has 4 rings (SSSR count). The van der Waals surface area contributed by atoms with Crippen molar-refractivity contribution in [3.63, 3.8) is 0 Å². The molecule has 2 aromatic rings. The van der Waals surface area contributed by atoms with E-state index >= 15 is 0 Å². The fourth-order valence-electron chi connectivity index (χ4n) is 4.40. The maximum absolute atomic E-state index is 13.3. The third kappa shape index (κ3) is 4.91. The zero-order valence-electron chi connectivity index (χ0n) is 19.1. The summed E-state index contributed by atoms with van der Waals surface area (Å²) in [5.74, 6) is 1.55. The number of pyridine rings is 1. The first kappa shape index (κ1) is 22.2. The Morgan fingerprint density at radius 2 is 1.75 bits per heavy atom. The van der Waals surface area contributed by atoms with E-state index in [1.165, 1.54) is 0 Å². The number of piperazine rings is 1. The zero-order valence-corrected chi connectivity index (χ0v) is 19.1. The summed E-state index contributed by atoms with van der Waals surface area (Å²) in [5, 5.41) is 5.44. The summed E-state index contributed by atoms with van der Waals surface area (Å²) in [5.41, 5.74) is 5.69. The van der Waals surface area contributed by atoms with E-state index in [0.717, 1.165) is 88.0 Å². The van der Waals surface area contributed by atoms with Crippen LogP contribution >= 0.6 is 0 Å². The molecule has 172 valence electrons. The minimum atomic E-state index is -0.0826. The zero-order chi connectivity index (χ0) is 22.3. The predicted molar refractivity (Wildman–Crippen MR) is 129 cm³/mol. The number of benzene rings is 1. The number of carbonyl (C=O) groups is 1. The minimum Gasteiger partial charge on any atom is -0.495 e. The van der Waals surface area contributed by atoms with E-state index in [0.29, 0.717) is 5.56 Å². The molecule has 1 amide bonds. The summed E-state index contributed by atoms with van der Waals surface area (Å²) < 4.78 is 5.54. The summed E-state index contributed by atoms with van der Waals surface area (Å²) in [7, 11) is 1.71. The molecule has 2 N–H and O–H groups in total.